The number of carbonyl (C=O) groups excluding carboxylic acids is 1. The van der Waals surface area contributed by atoms with E-state index in [0.717, 1.165) is 26.6 Å². The lowest BCUT2D eigenvalue weighted by atomic mass is 9.96. The third kappa shape index (κ3) is 4.23. The van der Waals surface area contributed by atoms with Crippen molar-refractivity contribution >= 4 is 28.2 Å². The molecule has 150 valence electrons. The molecule has 6 heteroatoms. The van der Waals surface area contributed by atoms with Gasteiger partial charge in [0.1, 0.15) is 5.00 Å². The zero-order valence-electron chi connectivity index (χ0n) is 16.8. The van der Waals surface area contributed by atoms with Gasteiger partial charge in [0.05, 0.1) is 6.04 Å². The first kappa shape index (κ1) is 19.8. The smallest absolute Gasteiger partial charge is 0.256 e. The van der Waals surface area contributed by atoms with Crippen LogP contribution in [0, 0.1) is 13.8 Å². The van der Waals surface area contributed by atoms with E-state index in [4.69, 9.17) is 0 Å². The molecule has 2 N–H and O–H groups in total. The third-order valence-electron chi connectivity index (χ3n) is 4.96. The summed E-state index contributed by atoms with van der Waals surface area (Å²) in [5.74, 6) is 0.413. The number of aromatic nitrogens is 2. The molecule has 1 amide bonds. The number of carbonyl (C=O) groups is 1. The lowest BCUT2D eigenvalue weighted by Gasteiger charge is -2.21. The van der Waals surface area contributed by atoms with Gasteiger partial charge in [-0.1, -0.05) is 48.5 Å². The summed E-state index contributed by atoms with van der Waals surface area (Å²) in [5, 5.41) is 7.41. The van der Waals surface area contributed by atoms with Crippen LogP contribution in [0.15, 0.2) is 79.1 Å². The molecule has 2 aromatic heterocycles. The zero-order valence-corrected chi connectivity index (χ0v) is 17.6. The van der Waals surface area contributed by atoms with Crippen molar-refractivity contribution in [2.45, 2.75) is 19.9 Å². The number of hydrogen-bond donors (Lipinski definition) is 2. The summed E-state index contributed by atoms with van der Waals surface area (Å²) in [6.07, 6.45) is 3.42. The number of aryl methyl sites for hydroxylation is 1. The third-order valence-corrected chi connectivity index (χ3v) is 6.09. The Morgan fingerprint density at radius 1 is 0.900 bits per heavy atom. The maximum Gasteiger partial charge on any atom is 0.256 e. The summed E-state index contributed by atoms with van der Waals surface area (Å²) in [6, 6.07) is 21.0. The molecule has 0 aliphatic rings. The van der Waals surface area contributed by atoms with Crippen LogP contribution in [0.5, 0.6) is 0 Å². The fraction of sp³-hybridized carbons (Fsp3) is 0.125. The first-order chi connectivity index (χ1) is 14.6. The van der Waals surface area contributed by atoms with E-state index in [9.17, 15) is 4.79 Å². The predicted molar refractivity (Wildman–Crippen MR) is 122 cm³/mol. The Labute approximate surface area is 179 Å². The molecule has 0 bridgehead atoms. The summed E-state index contributed by atoms with van der Waals surface area (Å²) in [5.41, 5.74) is 3.87. The van der Waals surface area contributed by atoms with E-state index >= 15 is 0 Å². The largest absolute Gasteiger partial charge is 0.343 e. The molecule has 0 spiro atoms. The number of rotatable bonds is 6. The maximum atomic E-state index is 12.9. The van der Waals surface area contributed by atoms with Crippen LogP contribution in [0.4, 0.5) is 10.9 Å². The van der Waals surface area contributed by atoms with Crippen LogP contribution in [-0.2, 0) is 0 Å². The Bertz CT molecular complexity index is 1130. The second-order valence-corrected chi connectivity index (χ2v) is 8.13. The molecule has 0 saturated carbocycles. The standard InChI is InChI=1S/C24H22N4OS/c1-16-17(2)30-23(28-22(29)19-12-7-4-8-13-19)20(16)21(18-10-5-3-6-11-18)27-24-25-14-9-15-26-24/h3-15,21H,1-2H3,(H,28,29)(H,25,26,27)/t21-/m1/s1. The molecule has 0 aliphatic carbocycles. The van der Waals surface area contributed by atoms with Gasteiger partial charge in [-0.05, 0) is 43.2 Å². The Morgan fingerprint density at radius 3 is 2.20 bits per heavy atom. The van der Waals surface area contributed by atoms with E-state index in [1.807, 2.05) is 48.5 Å². The van der Waals surface area contributed by atoms with Gasteiger partial charge in [0.2, 0.25) is 5.95 Å². The second kappa shape index (κ2) is 8.88. The average Bonchev–Trinajstić information content (AvgIpc) is 3.07. The molecule has 5 nitrogen and oxygen atoms in total. The lowest BCUT2D eigenvalue weighted by molar-refractivity contribution is 0.102. The molecular formula is C24H22N4OS. The number of anilines is 2. The topological polar surface area (TPSA) is 66.9 Å². The fourth-order valence-corrected chi connectivity index (χ4v) is 4.41. The minimum Gasteiger partial charge on any atom is -0.343 e. The van der Waals surface area contributed by atoms with Gasteiger partial charge in [-0.25, -0.2) is 9.97 Å². The van der Waals surface area contributed by atoms with Crippen LogP contribution >= 0.6 is 11.3 Å². The van der Waals surface area contributed by atoms with Crippen LogP contribution in [-0.4, -0.2) is 15.9 Å². The number of amides is 1. The highest BCUT2D eigenvalue weighted by Gasteiger charge is 2.25. The predicted octanol–water partition coefficient (Wildman–Crippen LogP) is 5.61. The molecule has 0 saturated heterocycles. The van der Waals surface area contributed by atoms with Gasteiger partial charge in [-0.2, -0.15) is 0 Å². The highest BCUT2D eigenvalue weighted by Crippen LogP contribution is 2.40. The molecule has 0 unspecified atom stereocenters. The average molecular weight is 415 g/mol. The van der Waals surface area contributed by atoms with Crippen molar-refractivity contribution in [3.63, 3.8) is 0 Å². The van der Waals surface area contributed by atoms with Crippen LogP contribution in [0.2, 0.25) is 0 Å². The molecule has 0 aliphatic heterocycles. The Balaban J connectivity index is 1.76. The zero-order chi connectivity index (χ0) is 20.9. The van der Waals surface area contributed by atoms with Gasteiger partial charge >= 0.3 is 0 Å². The van der Waals surface area contributed by atoms with Crippen molar-refractivity contribution < 1.29 is 4.79 Å². The summed E-state index contributed by atoms with van der Waals surface area (Å²) in [6.45, 7) is 4.16. The van der Waals surface area contributed by atoms with Gasteiger partial charge in [-0.15, -0.1) is 11.3 Å². The Kier molecular flexibility index (Phi) is 5.86. The molecule has 2 aromatic carbocycles. The molecule has 1 atom stereocenters. The van der Waals surface area contributed by atoms with E-state index in [1.165, 1.54) is 0 Å². The van der Waals surface area contributed by atoms with E-state index in [0.29, 0.717) is 11.5 Å². The van der Waals surface area contributed by atoms with Crippen molar-refractivity contribution in [2.75, 3.05) is 10.6 Å². The minimum atomic E-state index is -0.204. The van der Waals surface area contributed by atoms with E-state index < -0.39 is 0 Å². The molecule has 0 radical (unpaired) electrons. The van der Waals surface area contributed by atoms with Gasteiger partial charge < -0.3 is 10.6 Å². The van der Waals surface area contributed by atoms with Crippen LogP contribution < -0.4 is 10.6 Å². The van der Waals surface area contributed by atoms with Crippen molar-refractivity contribution in [1.29, 1.82) is 0 Å². The molecule has 30 heavy (non-hydrogen) atoms. The Morgan fingerprint density at radius 2 is 1.53 bits per heavy atom. The molecular weight excluding hydrogens is 392 g/mol. The number of nitrogens with zero attached hydrogens (tertiary/aromatic N) is 2. The highest BCUT2D eigenvalue weighted by molar-refractivity contribution is 7.16. The van der Waals surface area contributed by atoms with Crippen LogP contribution in [0.3, 0.4) is 0 Å². The van der Waals surface area contributed by atoms with Crippen molar-refractivity contribution in [1.82, 2.24) is 9.97 Å². The Hall–Kier alpha value is -3.51. The van der Waals surface area contributed by atoms with Gasteiger partial charge in [0.25, 0.3) is 5.91 Å². The minimum absolute atomic E-state index is 0.124. The number of thiophene rings is 1. The number of benzene rings is 2. The first-order valence-electron chi connectivity index (χ1n) is 9.68. The van der Waals surface area contributed by atoms with Gasteiger partial charge in [0, 0.05) is 28.4 Å². The van der Waals surface area contributed by atoms with Crippen LogP contribution in [0.25, 0.3) is 0 Å². The SMILES string of the molecule is Cc1sc(NC(=O)c2ccccc2)c([C@H](Nc2ncccn2)c2ccccc2)c1C. The second-order valence-electron chi connectivity index (χ2n) is 6.91. The van der Waals surface area contributed by atoms with Crippen molar-refractivity contribution in [3.05, 3.63) is 106 Å². The van der Waals surface area contributed by atoms with E-state index in [2.05, 4.69) is 46.6 Å². The van der Waals surface area contributed by atoms with Crippen molar-refractivity contribution in [2.24, 2.45) is 0 Å². The normalized spacial score (nSPS) is 11.7. The molecule has 0 fully saturated rings. The van der Waals surface area contributed by atoms with E-state index in [-0.39, 0.29) is 11.9 Å². The quantitative estimate of drug-likeness (QED) is 0.430. The summed E-state index contributed by atoms with van der Waals surface area (Å²) in [7, 11) is 0. The van der Waals surface area contributed by atoms with Crippen molar-refractivity contribution in [3.8, 4) is 0 Å². The molecule has 4 aromatic rings. The summed E-state index contributed by atoms with van der Waals surface area (Å²) < 4.78 is 0. The van der Waals surface area contributed by atoms with Gasteiger partial charge in [-0.3, -0.25) is 4.79 Å². The molecule has 4 rings (SSSR count). The number of hydrogen-bond acceptors (Lipinski definition) is 5. The van der Waals surface area contributed by atoms with E-state index in [1.54, 1.807) is 29.8 Å². The van der Waals surface area contributed by atoms with Crippen LogP contribution in [0.1, 0.15) is 38.0 Å². The fourth-order valence-electron chi connectivity index (χ4n) is 3.32. The lowest BCUT2D eigenvalue weighted by Crippen LogP contribution is -2.18. The monoisotopic (exact) mass is 414 g/mol. The summed E-state index contributed by atoms with van der Waals surface area (Å²) >= 11 is 1.58. The number of nitrogens with one attached hydrogen (secondary N) is 2. The maximum absolute atomic E-state index is 12.9. The van der Waals surface area contributed by atoms with Gasteiger partial charge in [0.15, 0.2) is 0 Å². The highest BCUT2D eigenvalue weighted by atomic mass is 32.1. The molecule has 2 heterocycles. The first-order valence-corrected chi connectivity index (χ1v) is 10.5. The summed E-state index contributed by atoms with van der Waals surface area (Å²) in [4.78, 5) is 22.7.